The molecule has 0 heterocycles. The van der Waals surface area contributed by atoms with Gasteiger partial charge in [0.2, 0.25) is 0 Å². The number of nitrogens with zero attached hydrogens (tertiary/aromatic N) is 1. The molecule has 1 unspecified atom stereocenters. The first kappa shape index (κ1) is 13.8. The van der Waals surface area contributed by atoms with Crippen molar-refractivity contribution in [1.29, 1.82) is 0 Å². The summed E-state index contributed by atoms with van der Waals surface area (Å²) in [7, 11) is 2.81. The van der Waals surface area contributed by atoms with Crippen LogP contribution in [0.15, 0.2) is 18.2 Å². The lowest BCUT2D eigenvalue weighted by Crippen LogP contribution is -2.40. The zero-order valence-corrected chi connectivity index (χ0v) is 10.4. The number of hydrogen-bond donors (Lipinski definition) is 2. The molecule has 6 heteroatoms. The van der Waals surface area contributed by atoms with Gasteiger partial charge < -0.3 is 19.8 Å². The van der Waals surface area contributed by atoms with Gasteiger partial charge in [0.05, 0.1) is 12.7 Å². The summed E-state index contributed by atoms with van der Waals surface area (Å²) in [4.78, 5) is 23.8. The number of hydrogen-bond acceptors (Lipinski definition) is 4. The SMILES string of the molecule is COc1ccc(C(=O)N(C)C(C)C(=O)O)c(O)c1. The molecule has 0 saturated carbocycles. The Morgan fingerprint density at radius 2 is 2.00 bits per heavy atom. The fourth-order valence-corrected chi connectivity index (χ4v) is 1.35. The summed E-state index contributed by atoms with van der Waals surface area (Å²) in [5, 5.41) is 18.5. The van der Waals surface area contributed by atoms with Crippen molar-refractivity contribution in [3.8, 4) is 11.5 Å². The van der Waals surface area contributed by atoms with Crippen LogP contribution in [-0.4, -0.2) is 47.2 Å². The highest BCUT2D eigenvalue weighted by atomic mass is 16.5. The van der Waals surface area contributed by atoms with Crippen molar-refractivity contribution in [2.75, 3.05) is 14.2 Å². The lowest BCUT2D eigenvalue weighted by Gasteiger charge is -2.21. The maximum atomic E-state index is 12.0. The predicted molar refractivity (Wildman–Crippen MR) is 63.9 cm³/mol. The van der Waals surface area contributed by atoms with E-state index in [0.29, 0.717) is 5.75 Å². The van der Waals surface area contributed by atoms with E-state index in [1.807, 2.05) is 0 Å². The second-order valence-electron chi connectivity index (χ2n) is 3.81. The Kier molecular flexibility index (Phi) is 4.14. The summed E-state index contributed by atoms with van der Waals surface area (Å²) in [6, 6.07) is 3.24. The van der Waals surface area contributed by atoms with E-state index < -0.39 is 17.9 Å². The van der Waals surface area contributed by atoms with Crippen LogP contribution in [0.1, 0.15) is 17.3 Å². The van der Waals surface area contributed by atoms with Crippen molar-refractivity contribution in [3.63, 3.8) is 0 Å². The van der Waals surface area contributed by atoms with E-state index in [-0.39, 0.29) is 11.3 Å². The van der Waals surface area contributed by atoms with Crippen LogP contribution in [0, 0.1) is 0 Å². The average Bonchev–Trinajstić information content (AvgIpc) is 2.35. The number of rotatable bonds is 4. The minimum absolute atomic E-state index is 0.0337. The molecule has 1 amide bonds. The smallest absolute Gasteiger partial charge is 0.326 e. The molecule has 1 aromatic carbocycles. The van der Waals surface area contributed by atoms with Crippen molar-refractivity contribution in [2.45, 2.75) is 13.0 Å². The molecule has 0 radical (unpaired) electrons. The third-order valence-electron chi connectivity index (χ3n) is 2.69. The minimum Gasteiger partial charge on any atom is -0.507 e. The van der Waals surface area contributed by atoms with Gasteiger partial charge in [0, 0.05) is 13.1 Å². The number of carboxylic acids is 1. The fraction of sp³-hybridized carbons (Fsp3) is 0.333. The highest BCUT2D eigenvalue weighted by Gasteiger charge is 2.24. The Balaban J connectivity index is 3.00. The zero-order valence-electron chi connectivity index (χ0n) is 10.4. The third-order valence-corrected chi connectivity index (χ3v) is 2.69. The number of aliphatic carboxylic acids is 1. The largest absolute Gasteiger partial charge is 0.507 e. The van der Waals surface area contributed by atoms with E-state index in [2.05, 4.69) is 0 Å². The van der Waals surface area contributed by atoms with Gasteiger partial charge in [-0.2, -0.15) is 0 Å². The van der Waals surface area contributed by atoms with E-state index in [1.165, 1.54) is 39.3 Å². The van der Waals surface area contributed by atoms with Crippen molar-refractivity contribution >= 4 is 11.9 Å². The molecule has 0 aliphatic rings. The van der Waals surface area contributed by atoms with E-state index in [1.54, 1.807) is 0 Å². The summed E-state index contributed by atoms with van der Waals surface area (Å²) in [5.41, 5.74) is 0.0337. The first-order valence-electron chi connectivity index (χ1n) is 5.25. The van der Waals surface area contributed by atoms with Crippen LogP contribution >= 0.6 is 0 Å². The standard InChI is InChI=1S/C12H15NO5/c1-7(12(16)17)13(2)11(15)9-5-4-8(18-3)6-10(9)14/h4-7,14H,1-3H3,(H,16,17). The van der Waals surface area contributed by atoms with Gasteiger partial charge in [0.1, 0.15) is 17.5 Å². The molecule has 2 N–H and O–H groups in total. The van der Waals surface area contributed by atoms with E-state index in [4.69, 9.17) is 9.84 Å². The van der Waals surface area contributed by atoms with Gasteiger partial charge in [-0.3, -0.25) is 4.79 Å². The normalized spacial score (nSPS) is 11.7. The second kappa shape index (κ2) is 5.39. The van der Waals surface area contributed by atoms with Crippen molar-refractivity contribution in [2.24, 2.45) is 0 Å². The maximum absolute atomic E-state index is 12.0. The molecule has 0 aromatic heterocycles. The molecule has 0 bridgehead atoms. The number of aromatic hydroxyl groups is 1. The third kappa shape index (κ3) is 2.71. The van der Waals surface area contributed by atoms with Crippen LogP contribution in [0.25, 0.3) is 0 Å². The molecule has 98 valence electrons. The molecule has 0 saturated heterocycles. The molecule has 0 fully saturated rings. The number of amides is 1. The Morgan fingerprint density at radius 1 is 1.39 bits per heavy atom. The maximum Gasteiger partial charge on any atom is 0.326 e. The van der Waals surface area contributed by atoms with E-state index >= 15 is 0 Å². The van der Waals surface area contributed by atoms with Crippen LogP contribution in [0.4, 0.5) is 0 Å². The van der Waals surface area contributed by atoms with Gasteiger partial charge in [-0.15, -0.1) is 0 Å². The lowest BCUT2D eigenvalue weighted by molar-refractivity contribution is -0.141. The van der Waals surface area contributed by atoms with Crippen LogP contribution in [0.2, 0.25) is 0 Å². The molecule has 1 aromatic rings. The van der Waals surface area contributed by atoms with Crippen LogP contribution in [-0.2, 0) is 4.79 Å². The van der Waals surface area contributed by atoms with Crippen molar-refractivity contribution in [1.82, 2.24) is 4.90 Å². The number of carboxylic acid groups (broad SMARTS) is 1. The Labute approximate surface area is 104 Å². The Bertz CT molecular complexity index is 472. The zero-order chi connectivity index (χ0) is 13.9. The van der Waals surface area contributed by atoms with Gasteiger partial charge in [-0.25, -0.2) is 4.79 Å². The van der Waals surface area contributed by atoms with Crippen LogP contribution < -0.4 is 4.74 Å². The number of benzene rings is 1. The van der Waals surface area contributed by atoms with E-state index in [0.717, 1.165) is 4.90 Å². The van der Waals surface area contributed by atoms with Crippen LogP contribution in [0.5, 0.6) is 11.5 Å². The number of carbonyl (C=O) groups is 2. The summed E-state index contributed by atoms with van der Waals surface area (Å²) >= 11 is 0. The summed E-state index contributed by atoms with van der Waals surface area (Å²) in [6.07, 6.45) is 0. The van der Waals surface area contributed by atoms with Gasteiger partial charge in [0.25, 0.3) is 5.91 Å². The molecule has 0 spiro atoms. The number of ether oxygens (including phenoxy) is 1. The topological polar surface area (TPSA) is 87.1 Å². The predicted octanol–water partition coefficient (Wildman–Crippen LogP) is 0.946. The molecule has 6 nitrogen and oxygen atoms in total. The number of likely N-dealkylation sites (N-methyl/N-ethyl adjacent to an activating group) is 1. The highest BCUT2D eigenvalue weighted by molar-refractivity contribution is 5.98. The Morgan fingerprint density at radius 3 is 2.44 bits per heavy atom. The van der Waals surface area contributed by atoms with Gasteiger partial charge in [-0.1, -0.05) is 0 Å². The summed E-state index contributed by atoms with van der Waals surface area (Å²) < 4.78 is 4.90. The second-order valence-corrected chi connectivity index (χ2v) is 3.81. The average molecular weight is 253 g/mol. The molecule has 18 heavy (non-hydrogen) atoms. The minimum atomic E-state index is -1.11. The molecule has 1 atom stereocenters. The van der Waals surface area contributed by atoms with Crippen molar-refractivity contribution in [3.05, 3.63) is 23.8 Å². The lowest BCUT2D eigenvalue weighted by atomic mass is 10.1. The van der Waals surface area contributed by atoms with Crippen LogP contribution in [0.3, 0.4) is 0 Å². The summed E-state index contributed by atoms with van der Waals surface area (Å²) in [5.74, 6) is -1.51. The number of methoxy groups -OCH3 is 1. The van der Waals surface area contributed by atoms with E-state index in [9.17, 15) is 14.7 Å². The number of phenols is 1. The Hall–Kier alpha value is -2.24. The molecular weight excluding hydrogens is 238 g/mol. The first-order valence-corrected chi connectivity index (χ1v) is 5.25. The quantitative estimate of drug-likeness (QED) is 0.834. The number of carbonyl (C=O) groups excluding carboxylic acids is 1. The molecule has 0 aliphatic heterocycles. The fourth-order valence-electron chi connectivity index (χ4n) is 1.35. The molecular formula is C12H15NO5. The van der Waals surface area contributed by atoms with Gasteiger partial charge in [0.15, 0.2) is 0 Å². The number of phenolic OH excluding ortho intramolecular Hbond substituents is 1. The van der Waals surface area contributed by atoms with Gasteiger partial charge >= 0.3 is 5.97 Å². The van der Waals surface area contributed by atoms with Crippen molar-refractivity contribution < 1.29 is 24.5 Å². The van der Waals surface area contributed by atoms with Gasteiger partial charge in [-0.05, 0) is 19.1 Å². The molecule has 1 rings (SSSR count). The summed E-state index contributed by atoms with van der Waals surface area (Å²) in [6.45, 7) is 1.39. The monoisotopic (exact) mass is 253 g/mol. The first-order chi connectivity index (χ1) is 8.38. The molecule has 0 aliphatic carbocycles. The highest BCUT2D eigenvalue weighted by Crippen LogP contribution is 2.24.